The molecule has 0 bridgehead atoms. The van der Waals surface area contributed by atoms with Crippen molar-refractivity contribution in [1.82, 2.24) is 0 Å². The Balaban J connectivity index is 1.94. The van der Waals surface area contributed by atoms with Crippen LogP contribution in [0, 0.1) is 17.0 Å². The number of carbonyl (C=O) groups is 1. The molecule has 1 amide bonds. The van der Waals surface area contributed by atoms with Gasteiger partial charge in [0.1, 0.15) is 5.75 Å². The van der Waals surface area contributed by atoms with E-state index >= 15 is 0 Å². The Morgan fingerprint density at radius 1 is 1.19 bits per heavy atom. The van der Waals surface area contributed by atoms with E-state index in [9.17, 15) is 14.9 Å². The lowest BCUT2D eigenvalue weighted by Crippen LogP contribution is -2.13. The normalized spacial score (nSPS) is 10.4. The summed E-state index contributed by atoms with van der Waals surface area (Å²) in [5.74, 6) is -0.0545. The second-order valence-electron chi connectivity index (χ2n) is 5.54. The van der Waals surface area contributed by atoms with Crippen LogP contribution in [0.25, 0.3) is 11.1 Å². The molecule has 1 N–H and O–H groups in total. The molecular formula is C19H16N2O4S. The topological polar surface area (TPSA) is 81.5 Å². The molecule has 0 aliphatic carbocycles. The number of anilines is 1. The summed E-state index contributed by atoms with van der Waals surface area (Å²) in [6.07, 6.45) is 0. The Morgan fingerprint density at radius 2 is 1.92 bits per heavy atom. The highest BCUT2D eigenvalue weighted by Gasteiger charge is 2.19. The van der Waals surface area contributed by atoms with Gasteiger partial charge in [0.05, 0.1) is 29.4 Å². The molecule has 0 aliphatic rings. The molecule has 1 aromatic heterocycles. The highest BCUT2D eigenvalue weighted by Crippen LogP contribution is 2.34. The summed E-state index contributed by atoms with van der Waals surface area (Å²) < 4.78 is 5.18. The molecular weight excluding hydrogens is 352 g/mol. The van der Waals surface area contributed by atoms with Crippen LogP contribution in [0.1, 0.15) is 15.2 Å². The van der Waals surface area contributed by atoms with Crippen LogP contribution >= 0.6 is 11.3 Å². The Labute approximate surface area is 154 Å². The third-order valence-corrected chi connectivity index (χ3v) is 4.84. The fourth-order valence-electron chi connectivity index (χ4n) is 2.67. The van der Waals surface area contributed by atoms with Gasteiger partial charge in [-0.2, -0.15) is 0 Å². The zero-order valence-corrected chi connectivity index (χ0v) is 15.0. The number of non-ortho nitro benzene ring substituents is 1. The standard InChI is InChI=1S/C19H16N2O4S/c1-12-18(13-6-4-3-5-7-13)15(11-26-12)19(22)20-16-9-8-14(21(23)24)10-17(16)25-2/h3-11H,1-2H3,(H,20,22). The summed E-state index contributed by atoms with van der Waals surface area (Å²) in [5.41, 5.74) is 2.68. The molecule has 0 saturated heterocycles. The van der Waals surface area contributed by atoms with Gasteiger partial charge >= 0.3 is 0 Å². The first-order valence-corrected chi connectivity index (χ1v) is 8.66. The number of ether oxygens (including phenoxy) is 1. The smallest absolute Gasteiger partial charge is 0.273 e. The Bertz CT molecular complexity index is 967. The second-order valence-corrected chi connectivity index (χ2v) is 6.63. The molecule has 1 heterocycles. The molecule has 0 unspecified atom stereocenters. The van der Waals surface area contributed by atoms with Crippen LogP contribution in [0.5, 0.6) is 5.75 Å². The van der Waals surface area contributed by atoms with Crippen molar-refractivity contribution in [2.45, 2.75) is 6.92 Å². The van der Waals surface area contributed by atoms with E-state index in [2.05, 4.69) is 5.32 Å². The Morgan fingerprint density at radius 3 is 2.58 bits per heavy atom. The number of nitro benzene ring substituents is 1. The lowest BCUT2D eigenvalue weighted by Gasteiger charge is -2.11. The van der Waals surface area contributed by atoms with E-state index in [0.717, 1.165) is 16.0 Å². The number of nitro groups is 1. The molecule has 0 saturated carbocycles. The van der Waals surface area contributed by atoms with E-state index in [-0.39, 0.29) is 17.3 Å². The van der Waals surface area contributed by atoms with E-state index in [0.29, 0.717) is 11.3 Å². The molecule has 6 nitrogen and oxygen atoms in total. The Kier molecular flexibility index (Phi) is 4.99. The molecule has 0 atom stereocenters. The van der Waals surface area contributed by atoms with Crippen molar-refractivity contribution in [2.75, 3.05) is 12.4 Å². The highest BCUT2D eigenvalue weighted by atomic mass is 32.1. The summed E-state index contributed by atoms with van der Waals surface area (Å²) in [5, 5.41) is 15.5. The SMILES string of the molecule is COc1cc([N+](=O)[O-])ccc1NC(=O)c1csc(C)c1-c1ccccc1. The number of nitrogens with one attached hydrogen (secondary N) is 1. The molecule has 0 fully saturated rings. The van der Waals surface area contributed by atoms with Crippen molar-refractivity contribution in [3.05, 3.63) is 74.5 Å². The summed E-state index contributed by atoms with van der Waals surface area (Å²) in [6, 6.07) is 13.8. The maximum Gasteiger partial charge on any atom is 0.273 e. The Hall–Kier alpha value is -3.19. The third kappa shape index (κ3) is 3.43. The van der Waals surface area contributed by atoms with E-state index in [1.165, 1.54) is 36.6 Å². The van der Waals surface area contributed by atoms with Gasteiger partial charge in [0.2, 0.25) is 0 Å². The van der Waals surface area contributed by atoms with Gasteiger partial charge in [0.25, 0.3) is 11.6 Å². The number of hydrogen-bond acceptors (Lipinski definition) is 5. The number of nitrogens with zero attached hydrogens (tertiary/aromatic N) is 1. The minimum atomic E-state index is -0.510. The van der Waals surface area contributed by atoms with Crippen LogP contribution in [0.2, 0.25) is 0 Å². The zero-order chi connectivity index (χ0) is 18.7. The van der Waals surface area contributed by atoms with Gasteiger partial charge in [-0.3, -0.25) is 14.9 Å². The second kappa shape index (κ2) is 7.37. The third-order valence-electron chi connectivity index (χ3n) is 3.93. The maximum absolute atomic E-state index is 12.8. The lowest BCUT2D eigenvalue weighted by atomic mass is 10.0. The van der Waals surface area contributed by atoms with Crippen molar-refractivity contribution < 1.29 is 14.5 Å². The predicted molar refractivity (Wildman–Crippen MR) is 102 cm³/mol. The average Bonchev–Trinajstić information content (AvgIpc) is 3.04. The number of aryl methyl sites for hydroxylation is 1. The molecule has 3 rings (SSSR count). The lowest BCUT2D eigenvalue weighted by molar-refractivity contribution is -0.384. The van der Waals surface area contributed by atoms with Crippen molar-refractivity contribution in [3.63, 3.8) is 0 Å². The van der Waals surface area contributed by atoms with E-state index < -0.39 is 4.92 Å². The van der Waals surface area contributed by atoms with Crippen LogP contribution in [-0.2, 0) is 0 Å². The molecule has 0 aliphatic heterocycles. The summed E-state index contributed by atoms with van der Waals surface area (Å²) in [4.78, 5) is 24.2. The molecule has 132 valence electrons. The van der Waals surface area contributed by atoms with Gasteiger partial charge < -0.3 is 10.1 Å². The number of thiophene rings is 1. The van der Waals surface area contributed by atoms with Gasteiger partial charge in [-0.15, -0.1) is 11.3 Å². The minimum Gasteiger partial charge on any atom is -0.494 e. The van der Waals surface area contributed by atoms with Gasteiger partial charge in [-0.25, -0.2) is 0 Å². The molecule has 0 spiro atoms. The van der Waals surface area contributed by atoms with Crippen LogP contribution in [0.4, 0.5) is 11.4 Å². The number of amides is 1. The van der Waals surface area contributed by atoms with Crippen LogP contribution in [0.3, 0.4) is 0 Å². The van der Waals surface area contributed by atoms with Gasteiger partial charge in [0, 0.05) is 21.9 Å². The largest absolute Gasteiger partial charge is 0.494 e. The first-order valence-electron chi connectivity index (χ1n) is 7.78. The van der Waals surface area contributed by atoms with Crippen molar-refractivity contribution in [2.24, 2.45) is 0 Å². The van der Waals surface area contributed by atoms with Gasteiger partial charge in [-0.1, -0.05) is 30.3 Å². The fourth-order valence-corrected chi connectivity index (χ4v) is 3.54. The average molecular weight is 368 g/mol. The minimum absolute atomic E-state index is 0.101. The van der Waals surface area contributed by atoms with Crippen LogP contribution < -0.4 is 10.1 Å². The van der Waals surface area contributed by atoms with Gasteiger partial charge in [0.15, 0.2) is 0 Å². The number of rotatable bonds is 5. The summed E-state index contributed by atoms with van der Waals surface area (Å²) in [6.45, 7) is 1.97. The highest BCUT2D eigenvalue weighted by molar-refractivity contribution is 7.10. The molecule has 26 heavy (non-hydrogen) atoms. The maximum atomic E-state index is 12.8. The van der Waals surface area contributed by atoms with E-state index in [1.807, 2.05) is 42.6 Å². The van der Waals surface area contributed by atoms with E-state index in [4.69, 9.17) is 4.74 Å². The van der Waals surface area contributed by atoms with Crippen molar-refractivity contribution in [1.29, 1.82) is 0 Å². The molecule has 2 aromatic carbocycles. The van der Waals surface area contributed by atoms with Crippen LogP contribution in [0.15, 0.2) is 53.9 Å². The van der Waals surface area contributed by atoms with E-state index in [1.54, 1.807) is 0 Å². The molecule has 0 radical (unpaired) electrons. The monoisotopic (exact) mass is 368 g/mol. The van der Waals surface area contributed by atoms with Gasteiger partial charge in [-0.05, 0) is 18.6 Å². The predicted octanol–water partition coefficient (Wildman–Crippen LogP) is 4.89. The first kappa shape index (κ1) is 17.6. The molecule has 3 aromatic rings. The zero-order valence-electron chi connectivity index (χ0n) is 14.2. The number of carbonyl (C=O) groups excluding carboxylic acids is 1. The quantitative estimate of drug-likeness (QED) is 0.513. The van der Waals surface area contributed by atoms with Crippen LogP contribution in [-0.4, -0.2) is 17.9 Å². The fraction of sp³-hybridized carbons (Fsp3) is 0.105. The summed E-state index contributed by atoms with van der Waals surface area (Å²) in [7, 11) is 1.40. The number of methoxy groups -OCH3 is 1. The number of benzene rings is 2. The van der Waals surface area contributed by atoms with Crippen molar-refractivity contribution >= 4 is 28.6 Å². The molecule has 7 heteroatoms. The number of hydrogen-bond donors (Lipinski definition) is 1. The van der Waals surface area contributed by atoms with Crippen molar-refractivity contribution in [3.8, 4) is 16.9 Å². The summed E-state index contributed by atoms with van der Waals surface area (Å²) >= 11 is 1.50. The first-order chi connectivity index (χ1) is 12.5.